The molecule has 0 aliphatic carbocycles. The van der Waals surface area contributed by atoms with Crippen LogP contribution in [0.3, 0.4) is 0 Å². The maximum absolute atomic E-state index is 12.0. The van der Waals surface area contributed by atoms with Gasteiger partial charge < -0.3 is 14.8 Å². The van der Waals surface area contributed by atoms with E-state index in [0.717, 1.165) is 28.0 Å². The maximum Gasteiger partial charge on any atom is 0.408 e. The van der Waals surface area contributed by atoms with E-state index in [2.05, 4.69) is 10.3 Å². The molecule has 6 heteroatoms. The third-order valence-corrected chi connectivity index (χ3v) is 4.76. The van der Waals surface area contributed by atoms with Gasteiger partial charge in [0.1, 0.15) is 10.9 Å². The summed E-state index contributed by atoms with van der Waals surface area (Å²) < 4.78 is 10.8. The first-order valence-corrected chi connectivity index (χ1v) is 8.85. The second-order valence-electron chi connectivity index (χ2n) is 6.22. The van der Waals surface area contributed by atoms with Crippen molar-refractivity contribution in [2.24, 2.45) is 0 Å². The van der Waals surface area contributed by atoms with Gasteiger partial charge in [0.05, 0.1) is 13.2 Å². The van der Waals surface area contributed by atoms with Crippen LogP contribution in [0.2, 0.25) is 5.15 Å². The first kappa shape index (κ1) is 17.4. The maximum atomic E-state index is 12.0. The Kier molecular flexibility index (Phi) is 4.69. The van der Waals surface area contributed by atoms with Gasteiger partial charge in [0.2, 0.25) is 0 Å². The second kappa shape index (κ2) is 7.29. The van der Waals surface area contributed by atoms with Gasteiger partial charge in [-0.2, -0.15) is 0 Å². The number of amides is 1. The van der Waals surface area contributed by atoms with Crippen LogP contribution in [0.1, 0.15) is 23.3 Å². The van der Waals surface area contributed by atoms with E-state index in [1.165, 1.54) is 0 Å². The molecule has 1 fully saturated rings. The average Bonchev–Trinajstić information content (AvgIpc) is 3.10. The molecule has 2 aromatic carbocycles. The number of aromatic nitrogens is 1. The van der Waals surface area contributed by atoms with Crippen molar-refractivity contribution < 1.29 is 14.3 Å². The second-order valence-corrected chi connectivity index (χ2v) is 6.61. The summed E-state index contributed by atoms with van der Waals surface area (Å²) in [4.78, 5) is 16.1. The zero-order chi connectivity index (χ0) is 18.8. The van der Waals surface area contributed by atoms with Crippen LogP contribution in [0.5, 0.6) is 5.75 Å². The summed E-state index contributed by atoms with van der Waals surface area (Å²) in [5.41, 5.74) is 3.75. The summed E-state index contributed by atoms with van der Waals surface area (Å²) in [5.74, 6) is 0.718. The molecule has 27 heavy (non-hydrogen) atoms. The molecular weight excluding hydrogens is 364 g/mol. The number of halogens is 1. The number of rotatable bonds is 4. The fourth-order valence-electron chi connectivity index (χ4n) is 3.22. The lowest BCUT2D eigenvalue weighted by molar-refractivity contribution is 0.132. The topological polar surface area (TPSA) is 60.5 Å². The molecule has 0 bridgehead atoms. The van der Waals surface area contributed by atoms with E-state index in [-0.39, 0.29) is 6.04 Å². The minimum atomic E-state index is -0.439. The molecule has 136 valence electrons. The van der Waals surface area contributed by atoms with E-state index >= 15 is 0 Å². The highest BCUT2D eigenvalue weighted by molar-refractivity contribution is 6.29. The van der Waals surface area contributed by atoms with Gasteiger partial charge in [-0.1, -0.05) is 41.9 Å². The van der Waals surface area contributed by atoms with Crippen molar-refractivity contribution in [1.29, 1.82) is 0 Å². The average molecular weight is 381 g/mol. The number of ether oxygens (including phenoxy) is 2. The van der Waals surface area contributed by atoms with Crippen LogP contribution in [-0.2, 0) is 4.74 Å². The summed E-state index contributed by atoms with van der Waals surface area (Å²) >= 11 is 5.88. The lowest BCUT2D eigenvalue weighted by atomic mass is 9.94. The molecule has 0 spiro atoms. The molecule has 5 nitrogen and oxygen atoms in total. The normalized spacial score (nSPS) is 18.7. The summed E-state index contributed by atoms with van der Waals surface area (Å²) in [6, 6.07) is 18.9. The van der Waals surface area contributed by atoms with Crippen LogP contribution < -0.4 is 10.1 Å². The molecule has 1 aliphatic rings. The van der Waals surface area contributed by atoms with Crippen molar-refractivity contribution in [3.63, 3.8) is 0 Å². The first-order chi connectivity index (χ1) is 13.1. The number of alkyl carbamates (subject to hydrolysis) is 1. The van der Waals surface area contributed by atoms with E-state index in [0.29, 0.717) is 5.15 Å². The molecule has 0 radical (unpaired) electrons. The Bertz CT molecular complexity index is 975. The minimum absolute atomic E-state index is 0.301. The van der Waals surface area contributed by atoms with Gasteiger partial charge >= 0.3 is 6.09 Å². The molecular formula is C21H17ClN2O3. The predicted octanol–water partition coefficient (Wildman–Crippen LogP) is 4.93. The molecule has 4 rings (SSSR count). The van der Waals surface area contributed by atoms with Gasteiger partial charge in [-0.15, -0.1) is 0 Å². The number of methoxy groups -OCH3 is 1. The number of cyclic esters (lactones) is 1. The molecule has 2 heterocycles. The summed E-state index contributed by atoms with van der Waals surface area (Å²) in [6.45, 7) is 0. The smallest absolute Gasteiger partial charge is 0.408 e. The summed E-state index contributed by atoms with van der Waals surface area (Å²) in [5, 5.41) is 3.35. The van der Waals surface area contributed by atoms with Crippen LogP contribution >= 0.6 is 11.6 Å². The summed E-state index contributed by atoms with van der Waals surface area (Å²) in [7, 11) is 1.61. The first-order valence-electron chi connectivity index (χ1n) is 8.47. The Balaban J connectivity index is 1.69. The lowest BCUT2D eigenvalue weighted by Crippen LogP contribution is -2.19. The van der Waals surface area contributed by atoms with E-state index in [1.807, 2.05) is 54.6 Å². The number of benzene rings is 2. The van der Waals surface area contributed by atoms with Gasteiger partial charge in [0.25, 0.3) is 0 Å². The fraction of sp³-hybridized carbons (Fsp3) is 0.143. The Morgan fingerprint density at radius 3 is 2.63 bits per heavy atom. The van der Waals surface area contributed by atoms with E-state index < -0.39 is 12.2 Å². The van der Waals surface area contributed by atoms with Gasteiger partial charge in [-0.05, 0) is 47.0 Å². The van der Waals surface area contributed by atoms with E-state index in [1.54, 1.807) is 19.4 Å². The standard InChI is InChI=1S/C21H17ClN2O3/c1-26-17-7-3-6-15(11-17)20-19(24-21(25)27-20)14-5-2-4-13(10-14)16-8-9-18(22)23-12-16/h2-12,19-20H,1H3,(H,24,25)/t19-,20-/m1/s1. The van der Waals surface area contributed by atoms with Gasteiger partial charge in [-0.3, -0.25) is 0 Å². The summed E-state index contributed by atoms with van der Waals surface area (Å²) in [6.07, 6.45) is 0.850. The Labute approximate surface area is 161 Å². The lowest BCUT2D eigenvalue weighted by Gasteiger charge is -2.19. The van der Waals surface area contributed by atoms with Gasteiger partial charge in [0.15, 0.2) is 6.10 Å². The Morgan fingerprint density at radius 2 is 1.85 bits per heavy atom. The Hall–Kier alpha value is -3.05. The number of hydrogen-bond acceptors (Lipinski definition) is 4. The van der Waals surface area contributed by atoms with Crippen molar-refractivity contribution in [2.45, 2.75) is 12.1 Å². The molecule has 0 unspecified atom stereocenters. The fourth-order valence-corrected chi connectivity index (χ4v) is 3.33. The third kappa shape index (κ3) is 3.59. The largest absolute Gasteiger partial charge is 0.497 e. The zero-order valence-electron chi connectivity index (χ0n) is 14.6. The molecule has 2 atom stereocenters. The predicted molar refractivity (Wildman–Crippen MR) is 103 cm³/mol. The molecule has 1 aromatic heterocycles. The number of nitrogens with zero attached hydrogens (tertiary/aromatic N) is 1. The number of nitrogens with one attached hydrogen (secondary N) is 1. The SMILES string of the molecule is COc1cccc([C@H]2OC(=O)N[C@@H]2c2cccc(-c3ccc(Cl)nc3)c2)c1. The highest BCUT2D eigenvalue weighted by atomic mass is 35.5. The van der Waals surface area contributed by atoms with Crippen molar-refractivity contribution in [2.75, 3.05) is 7.11 Å². The van der Waals surface area contributed by atoms with Crippen LogP contribution in [0.25, 0.3) is 11.1 Å². The molecule has 1 amide bonds. The van der Waals surface area contributed by atoms with Crippen molar-refractivity contribution in [1.82, 2.24) is 10.3 Å². The van der Waals surface area contributed by atoms with Gasteiger partial charge in [0, 0.05) is 11.8 Å². The van der Waals surface area contributed by atoms with E-state index in [4.69, 9.17) is 21.1 Å². The van der Waals surface area contributed by atoms with Crippen LogP contribution in [0, 0.1) is 0 Å². The number of pyridine rings is 1. The number of carbonyl (C=O) groups excluding carboxylic acids is 1. The van der Waals surface area contributed by atoms with Crippen molar-refractivity contribution >= 4 is 17.7 Å². The van der Waals surface area contributed by atoms with Crippen LogP contribution in [-0.4, -0.2) is 18.2 Å². The monoisotopic (exact) mass is 380 g/mol. The van der Waals surface area contributed by atoms with Crippen LogP contribution in [0.4, 0.5) is 4.79 Å². The molecule has 0 saturated carbocycles. The van der Waals surface area contributed by atoms with Crippen molar-refractivity contribution in [3.8, 4) is 16.9 Å². The highest BCUT2D eigenvalue weighted by Gasteiger charge is 2.36. The van der Waals surface area contributed by atoms with E-state index in [9.17, 15) is 4.79 Å². The van der Waals surface area contributed by atoms with Gasteiger partial charge in [-0.25, -0.2) is 9.78 Å². The quantitative estimate of drug-likeness (QED) is 0.652. The molecule has 1 N–H and O–H groups in total. The third-order valence-electron chi connectivity index (χ3n) is 4.54. The number of carbonyl (C=O) groups is 1. The van der Waals surface area contributed by atoms with Crippen molar-refractivity contribution in [3.05, 3.63) is 83.1 Å². The Morgan fingerprint density at radius 1 is 1.04 bits per heavy atom. The molecule has 3 aromatic rings. The van der Waals surface area contributed by atoms with Crippen LogP contribution in [0.15, 0.2) is 66.9 Å². The number of hydrogen-bond donors (Lipinski definition) is 1. The molecule has 1 aliphatic heterocycles. The minimum Gasteiger partial charge on any atom is -0.497 e. The highest BCUT2D eigenvalue weighted by Crippen LogP contribution is 2.38. The zero-order valence-corrected chi connectivity index (χ0v) is 15.3. The molecule has 1 saturated heterocycles.